The molecule has 0 radical (unpaired) electrons. The Morgan fingerprint density at radius 1 is 1.26 bits per heavy atom. The van der Waals surface area contributed by atoms with Gasteiger partial charge in [0.25, 0.3) is 0 Å². The SMILES string of the molecule is COC(=O)C12CC(S(=O)(=O)c3ccccc3)=COC1(O)C(C)CCC2(C)C. The predicted molar refractivity (Wildman–Crippen MR) is 99.0 cm³/mol. The van der Waals surface area contributed by atoms with Crippen LogP contribution in [-0.2, 0) is 24.1 Å². The van der Waals surface area contributed by atoms with E-state index >= 15 is 0 Å². The van der Waals surface area contributed by atoms with Crippen molar-refractivity contribution in [2.75, 3.05) is 7.11 Å². The second-order valence-electron chi connectivity index (χ2n) is 8.11. The monoisotopic (exact) mass is 394 g/mol. The molecule has 0 spiro atoms. The van der Waals surface area contributed by atoms with Crippen LogP contribution in [0.5, 0.6) is 0 Å². The van der Waals surface area contributed by atoms with E-state index in [0.717, 1.165) is 6.26 Å². The number of fused-ring (bicyclic) bond motifs is 1. The molecule has 3 atom stereocenters. The highest BCUT2D eigenvalue weighted by Gasteiger charge is 2.72. The Hall–Kier alpha value is -1.86. The first kappa shape index (κ1) is 19.9. The number of ether oxygens (including phenoxy) is 2. The molecule has 1 aromatic carbocycles. The Morgan fingerprint density at radius 2 is 1.89 bits per heavy atom. The molecule has 1 aliphatic heterocycles. The van der Waals surface area contributed by atoms with Gasteiger partial charge in [0.05, 0.1) is 16.9 Å². The highest BCUT2D eigenvalue weighted by Crippen LogP contribution is 2.63. The summed E-state index contributed by atoms with van der Waals surface area (Å²) >= 11 is 0. The third-order valence-electron chi connectivity index (χ3n) is 6.38. The predicted octanol–water partition coefficient (Wildman–Crippen LogP) is 3.03. The largest absolute Gasteiger partial charge is 0.468 e. The maximum Gasteiger partial charge on any atom is 0.319 e. The molecule has 0 aromatic heterocycles. The van der Waals surface area contributed by atoms with Gasteiger partial charge >= 0.3 is 5.97 Å². The first-order chi connectivity index (χ1) is 12.5. The average molecular weight is 394 g/mol. The molecule has 0 amide bonds. The van der Waals surface area contributed by atoms with Crippen LogP contribution >= 0.6 is 0 Å². The molecule has 3 unspecified atom stereocenters. The number of sulfone groups is 1. The van der Waals surface area contributed by atoms with E-state index in [9.17, 15) is 18.3 Å². The van der Waals surface area contributed by atoms with Crippen molar-refractivity contribution in [3.63, 3.8) is 0 Å². The normalized spacial score (nSPS) is 32.6. The number of hydrogen-bond donors (Lipinski definition) is 1. The Kier molecular flexibility index (Phi) is 4.67. The molecular weight excluding hydrogens is 368 g/mol. The zero-order valence-corrected chi connectivity index (χ0v) is 16.9. The Labute approximate surface area is 160 Å². The second kappa shape index (κ2) is 6.34. The second-order valence-corrected chi connectivity index (χ2v) is 10.1. The van der Waals surface area contributed by atoms with Gasteiger partial charge in [0, 0.05) is 12.3 Å². The lowest BCUT2D eigenvalue weighted by atomic mass is 9.50. The van der Waals surface area contributed by atoms with Gasteiger partial charge in [0.1, 0.15) is 11.7 Å². The van der Waals surface area contributed by atoms with Crippen LogP contribution in [0.2, 0.25) is 0 Å². The van der Waals surface area contributed by atoms with Gasteiger partial charge < -0.3 is 14.6 Å². The summed E-state index contributed by atoms with van der Waals surface area (Å²) in [4.78, 5) is 13.1. The summed E-state index contributed by atoms with van der Waals surface area (Å²) in [6.45, 7) is 5.50. The molecule has 1 N–H and O–H groups in total. The molecule has 148 valence electrons. The molecule has 2 aliphatic rings. The van der Waals surface area contributed by atoms with E-state index in [4.69, 9.17) is 9.47 Å². The van der Waals surface area contributed by atoms with Gasteiger partial charge in [0.2, 0.25) is 15.6 Å². The van der Waals surface area contributed by atoms with Crippen LogP contribution in [0, 0.1) is 16.7 Å². The number of esters is 1. The molecule has 7 heteroatoms. The van der Waals surface area contributed by atoms with Crippen molar-refractivity contribution in [3.05, 3.63) is 41.5 Å². The van der Waals surface area contributed by atoms with Gasteiger partial charge in [-0.05, 0) is 30.4 Å². The number of rotatable bonds is 3. The standard InChI is InChI=1S/C20H26O6S/c1-14-10-11-18(2,3)19(17(21)25-4)12-16(13-26-20(14,19)22)27(23,24)15-8-6-5-7-9-15/h5-9,13-14,22H,10-12H2,1-4H3. The highest BCUT2D eigenvalue weighted by molar-refractivity contribution is 7.95. The van der Waals surface area contributed by atoms with E-state index in [2.05, 4.69) is 0 Å². The lowest BCUT2D eigenvalue weighted by Crippen LogP contribution is -2.68. The number of carbonyl (C=O) groups is 1. The Balaban J connectivity index is 2.19. The summed E-state index contributed by atoms with van der Waals surface area (Å²) < 4.78 is 37.0. The summed E-state index contributed by atoms with van der Waals surface area (Å²) in [6.07, 6.45) is 2.20. The van der Waals surface area contributed by atoms with Gasteiger partial charge in [-0.15, -0.1) is 0 Å². The number of carbonyl (C=O) groups excluding carboxylic acids is 1. The van der Waals surface area contributed by atoms with Gasteiger partial charge in [-0.2, -0.15) is 0 Å². The molecule has 1 aromatic rings. The number of methoxy groups -OCH3 is 1. The van der Waals surface area contributed by atoms with E-state index in [1.165, 1.54) is 19.2 Å². The van der Waals surface area contributed by atoms with Crippen molar-refractivity contribution in [2.45, 2.75) is 50.7 Å². The zero-order chi connectivity index (χ0) is 20.1. The summed E-state index contributed by atoms with van der Waals surface area (Å²) in [5.41, 5.74) is -2.26. The lowest BCUT2D eigenvalue weighted by Gasteiger charge is -2.59. The van der Waals surface area contributed by atoms with Crippen molar-refractivity contribution in [3.8, 4) is 0 Å². The third-order valence-corrected chi connectivity index (χ3v) is 8.20. The first-order valence-corrected chi connectivity index (χ1v) is 10.5. The minimum atomic E-state index is -3.87. The molecule has 1 heterocycles. The molecule has 1 aliphatic carbocycles. The molecule has 6 nitrogen and oxygen atoms in total. The topological polar surface area (TPSA) is 89.9 Å². The average Bonchev–Trinajstić information content (AvgIpc) is 2.65. The lowest BCUT2D eigenvalue weighted by molar-refractivity contribution is -0.323. The number of aliphatic hydroxyl groups is 1. The number of allylic oxidation sites excluding steroid dienone is 1. The van der Waals surface area contributed by atoms with E-state index in [0.29, 0.717) is 12.8 Å². The molecule has 27 heavy (non-hydrogen) atoms. The molecular formula is C20H26O6S. The van der Waals surface area contributed by atoms with Crippen LogP contribution in [0.1, 0.15) is 40.0 Å². The number of benzene rings is 1. The molecule has 0 bridgehead atoms. The molecule has 1 fully saturated rings. The van der Waals surface area contributed by atoms with Crippen LogP contribution in [-0.4, -0.2) is 32.4 Å². The fourth-order valence-corrected chi connectivity index (χ4v) is 5.91. The van der Waals surface area contributed by atoms with E-state index < -0.39 is 32.4 Å². The van der Waals surface area contributed by atoms with Crippen LogP contribution in [0.4, 0.5) is 0 Å². The first-order valence-electron chi connectivity index (χ1n) is 9.01. The van der Waals surface area contributed by atoms with Gasteiger partial charge in [-0.25, -0.2) is 8.42 Å². The van der Waals surface area contributed by atoms with Gasteiger partial charge in [-0.3, -0.25) is 4.79 Å². The van der Waals surface area contributed by atoms with Gasteiger partial charge in [-0.1, -0.05) is 39.0 Å². The Morgan fingerprint density at radius 3 is 2.48 bits per heavy atom. The van der Waals surface area contributed by atoms with E-state index in [1.807, 2.05) is 13.8 Å². The molecule has 1 saturated carbocycles. The maximum absolute atomic E-state index is 13.1. The summed E-state index contributed by atoms with van der Waals surface area (Å²) in [5, 5.41) is 11.4. The van der Waals surface area contributed by atoms with Crippen molar-refractivity contribution < 1.29 is 27.8 Å². The van der Waals surface area contributed by atoms with Crippen LogP contribution < -0.4 is 0 Å². The summed E-state index contributed by atoms with van der Waals surface area (Å²) in [5.74, 6) is -2.85. The van der Waals surface area contributed by atoms with Crippen molar-refractivity contribution in [1.29, 1.82) is 0 Å². The highest BCUT2D eigenvalue weighted by atomic mass is 32.2. The van der Waals surface area contributed by atoms with Crippen molar-refractivity contribution in [1.82, 2.24) is 0 Å². The van der Waals surface area contributed by atoms with E-state index in [-0.39, 0.29) is 22.1 Å². The van der Waals surface area contributed by atoms with Crippen LogP contribution in [0.3, 0.4) is 0 Å². The minimum Gasteiger partial charge on any atom is -0.468 e. The smallest absolute Gasteiger partial charge is 0.319 e. The third kappa shape index (κ3) is 2.63. The Bertz CT molecular complexity index is 873. The van der Waals surface area contributed by atoms with E-state index in [1.54, 1.807) is 25.1 Å². The minimum absolute atomic E-state index is 0.0362. The van der Waals surface area contributed by atoms with Gasteiger partial charge in [0.15, 0.2) is 0 Å². The molecule has 0 saturated heterocycles. The fraction of sp³-hybridized carbons (Fsp3) is 0.550. The summed E-state index contributed by atoms with van der Waals surface area (Å²) in [6, 6.07) is 7.99. The molecule has 3 rings (SSSR count). The summed E-state index contributed by atoms with van der Waals surface area (Å²) in [7, 11) is -2.62. The van der Waals surface area contributed by atoms with Crippen LogP contribution in [0.25, 0.3) is 0 Å². The van der Waals surface area contributed by atoms with Crippen LogP contribution in [0.15, 0.2) is 46.4 Å². The maximum atomic E-state index is 13.1. The zero-order valence-electron chi connectivity index (χ0n) is 16.1. The number of hydrogen-bond acceptors (Lipinski definition) is 6. The van der Waals surface area contributed by atoms with Crippen molar-refractivity contribution >= 4 is 15.8 Å². The fourth-order valence-electron chi connectivity index (χ4n) is 4.51. The quantitative estimate of drug-likeness (QED) is 0.793. The van der Waals surface area contributed by atoms with Crippen molar-refractivity contribution in [2.24, 2.45) is 16.7 Å².